The molecule has 1 aliphatic carbocycles. The zero-order chi connectivity index (χ0) is 22.1. The van der Waals surface area contributed by atoms with Crippen LogP contribution >= 0.6 is 0 Å². The predicted octanol–water partition coefficient (Wildman–Crippen LogP) is 3.81. The molecule has 0 bridgehead atoms. The van der Waals surface area contributed by atoms with Gasteiger partial charge in [-0.05, 0) is 54.8 Å². The van der Waals surface area contributed by atoms with Crippen LogP contribution in [0.2, 0.25) is 0 Å². The van der Waals surface area contributed by atoms with Gasteiger partial charge >= 0.3 is 0 Å². The Morgan fingerprint density at radius 1 is 1.06 bits per heavy atom. The van der Waals surface area contributed by atoms with Crippen LogP contribution < -0.4 is 14.4 Å². The van der Waals surface area contributed by atoms with E-state index < -0.39 is 5.92 Å². The minimum absolute atomic E-state index is 0.0170. The molecule has 2 aromatic carbocycles. The lowest BCUT2D eigenvalue weighted by molar-refractivity contribution is -0.119. The highest BCUT2D eigenvalue weighted by Gasteiger charge is 2.40. The van der Waals surface area contributed by atoms with Crippen molar-refractivity contribution in [3.63, 3.8) is 0 Å². The summed E-state index contributed by atoms with van der Waals surface area (Å²) >= 11 is 0. The van der Waals surface area contributed by atoms with E-state index in [1.165, 1.54) is 14.2 Å². The van der Waals surface area contributed by atoms with Gasteiger partial charge < -0.3 is 14.6 Å². The Morgan fingerprint density at radius 3 is 2.29 bits per heavy atom. The summed E-state index contributed by atoms with van der Waals surface area (Å²) in [6.45, 7) is 0. The topological polar surface area (TPSA) is 99.9 Å². The molecule has 0 aromatic heterocycles. The molecule has 1 amide bonds. The summed E-state index contributed by atoms with van der Waals surface area (Å²) in [4.78, 5) is 27.9. The molecule has 1 N–H and O–H groups in total. The number of nitriles is 1. The number of rotatable bonds is 4. The fraction of sp³-hybridized carbons (Fsp3) is 0.292. The third-order valence-electron chi connectivity index (χ3n) is 5.83. The Bertz CT molecular complexity index is 1100. The lowest BCUT2D eigenvalue weighted by Crippen LogP contribution is -2.40. The highest BCUT2D eigenvalue weighted by molar-refractivity contribution is 6.07. The average Bonchev–Trinajstić information content (AvgIpc) is 2.79. The molecule has 1 aliphatic heterocycles. The summed E-state index contributed by atoms with van der Waals surface area (Å²) in [5.41, 5.74) is 3.15. The zero-order valence-electron chi connectivity index (χ0n) is 17.3. The molecule has 0 spiro atoms. The van der Waals surface area contributed by atoms with E-state index in [1.807, 2.05) is 0 Å². The Morgan fingerprint density at radius 2 is 1.71 bits per heavy atom. The molecule has 2 aliphatic rings. The Labute approximate surface area is 180 Å². The van der Waals surface area contributed by atoms with Crippen LogP contribution in [0.25, 0.3) is 0 Å². The van der Waals surface area contributed by atoms with E-state index in [9.17, 15) is 14.7 Å². The Hall–Kier alpha value is -3.79. The molecule has 1 atom stereocenters. The monoisotopic (exact) mass is 418 g/mol. The number of ketones is 1. The first kappa shape index (κ1) is 20.5. The van der Waals surface area contributed by atoms with Gasteiger partial charge in [-0.1, -0.05) is 0 Å². The molecule has 1 unspecified atom stereocenters. The van der Waals surface area contributed by atoms with Gasteiger partial charge in [0.1, 0.15) is 0 Å². The fourth-order valence-corrected chi connectivity index (χ4v) is 4.38. The number of carbonyl (C=O) groups excluding carboxylic acids is 2. The smallest absolute Gasteiger partial charge is 0.232 e. The second kappa shape index (κ2) is 8.15. The number of ether oxygens (including phenoxy) is 2. The number of hydrogen-bond donors (Lipinski definition) is 1. The van der Waals surface area contributed by atoms with E-state index in [0.717, 1.165) is 0 Å². The maximum atomic E-state index is 13.3. The molecule has 0 radical (unpaired) electrons. The highest BCUT2D eigenvalue weighted by Crippen LogP contribution is 2.47. The number of aromatic hydroxyl groups is 1. The summed E-state index contributed by atoms with van der Waals surface area (Å²) in [5.74, 6) is -0.242. The van der Waals surface area contributed by atoms with Crippen LogP contribution in [0.4, 0.5) is 5.69 Å². The summed E-state index contributed by atoms with van der Waals surface area (Å²) in [5, 5.41) is 19.3. The molecule has 158 valence electrons. The lowest BCUT2D eigenvalue weighted by Gasteiger charge is -2.38. The third-order valence-corrected chi connectivity index (χ3v) is 5.83. The number of hydrogen-bond acceptors (Lipinski definition) is 6. The first-order valence-electron chi connectivity index (χ1n) is 10.0. The van der Waals surface area contributed by atoms with E-state index in [-0.39, 0.29) is 35.4 Å². The van der Waals surface area contributed by atoms with E-state index >= 15 is 0 Å². The Kier molecular flexibility index (Phi) is 5.38. The van der Waals surface area contributed by atoms with E-state index in [4.69, 9.17) is 14.7 Å². The van der Waals surface area contributed by atoms with Gasteiger partial charge in [-0.2, -0.15) is 5.26 Å². The van der Waals surface area contributed by atoms with E-state index in [1.54, 1.807) is 41.3 Å². The van der Waals surface area contributed by atoms with Crippen molar-refractivity contribution in [1.82, 2.24) is 0 Å². The number of phenolic OH excluding ortho intramolecular Hbond substituents is 1. The number of benzene rings is 2. The maximum Gasteiger partial charge on any atom is 0.232 e. The second-order valence-electron chi connectivity index (χ2n) is 7.56. The zero-order valence-corrected chi connectivity index (χ0v) is 17.3. The van der Waals surface area contributed by atoms with Gasteiger partial charge in [-0.15, -0.1) is 0 Å². The number of methoxy groups -OCH3 is 2. The maximum absolute atomic E-state index is 13.3. The standard InChI is InChI=1S/C24H22N2O5/c1-30-20-10-15(11-21(31-2)24(20)29)17-12-22(28)26(16-8-6-14(13-25)7-9-16)18-4-3-5-19(27)23(17)18/h6-11,17,29H,3-5,12H2,1-2H3. The van der Waals surface area contributed by atoms with Crippen LogP contribution in [-0.2, 0) is 9.59 Å². The molecule has 7 heteroatoms. The molecule has 31 heavy (non-hydrogen) atoms. The molecule has 2 aromatic rings. The normalized spacial score (nSPS) is 18.5. The first-order chi connectivity index (χ1) is 15.0. The quantitative estimate of drug-likeness (QED) is 0.811. The average molecular weight is 418 g/mol. The SMILES string of the molecule is COc1cc(C2CC(=O)N(c3ccc(C#N)cc3)C3=C2C(=O)CCC3)cc(OC)c1O. The van der Waals surface area contributed by atoms with Crippen molar-refractivity contribution in [2.75, 3.05) is 19.1 Å². The minimum atomic E-state index is -0.451. The number of anilines is 1. The summed E-state index contributed by atoms with van der Waals surface area (Å²) in [6, 6.07) is 12.2. The van der Waals surface area contributed by atoms with E-state index in [0.29, 0.717) is 47.3 Å². The van der Waals surface area contributed by atoms with Crippen LogP contribution in [0.1, 0.15) is 42.7 Å². The Balaban J connectivity index is 1.86. The number of allylic oxidation sites excluding steroid dienone is 2. The van der Waals surface area contributed by atoms with Crippen molar-refractivity contribution < 1.29 is 24.2 Å². The van der Waals surface area contributed by atoms with Gasteiger partial charge in [0.2, 0.25) is 11.7 Å². The van der Waals surface area contributed by atoms with Gasteiger partial charge in [-0.25, -0.2) is 0 Å². The van der Waals surface area contributed by atoms with E-state index in [2.05, 4.69) is 6.07 Å². The summed E-state index contributed by atoms with van der Waals surface area (Å²) < 4.78 is 10.5. The summed E-state index contributed by atoms with van der Waals surface area (Å²) in [6.07, 6.45) is 1.81. The van der Waals surface area contributed by atoms with Gasteiger partial charge in [0.15, 0.2) is 17.3 Å². The van der Waals surface area contributed by atoms with Crippen molar-refractivity contribution in [3.05, 3.63) is 58.8 Å². The number of carbonyl (C=O) groups is 2. The van der Waals surface area contributed by atoms with Crippen LogP contribution in [0.5, 0.6) is 17.2 Å². The molecule has 4 rings (SSSR count). The van der Waals surface area contributed by atoms with Crippen molar-refractivity contribution >= 4 is 17.4 Å². The van der Waals surface area contributed by atoms with Gasteiger partial charge in [0.25, 0.3) is 0 Å². The number of amides is 1. The van der Waals surface area contributed by atoms with Gasteiger partial charge in [-0.3, -0.25) is 14.5 Å². The van der Waals surface area contributed by atoms with Gasteiger partial charge in [0.05, 0.1) is 25.9 Å². The van der Waals surface area contributed by atoms with Crippen LogP contribution in [0.3, 0.4) is 0 Å². The fourth-order valence-electron chi connectivity index (χ4n) is 4.38. The van der Waals surface area contributed by atoms with Crippen LogP contribution in [0.15, 0.2) is 47.7 Å². The summed E-state index contributed by atoms with van der Waals surface area (Å²) in [7, 11) is 2.88. The molecule has 7 nitrogen and oxygen atoms in total. The highest BCUT2D eigenvalue weighted by atomic mass is 16.5. The first-order valence-corrected chi connectivity index (χ1v) is 10.0. The second-order valence-corrected chi connectivity index (χ2v) is 7.56. The minimum Gasteiger partial charge on any atom is -0.502 e. The van der Waals surface area contributed by atoms with Crippen LogP contribution in [-0.4, -0.2) is 31.0 Å². The molecule has 0 saturated heterocycles. The van der Waals surface area contributed by atoms with Crippen molar-refractivity contribution in [2.24, 2.45) is 0 Å². The molecule has 1 heterocycles. The number of nitrogens with zero attached hydrogens (tertiary/aromatic N) is 2. The third kappa shape index (κ3) is 3.50. The number of phenols is 1. The van der Waals surface area contributed by atoms with Crippen molar-refractivity contribution in [1.29, 1.82) is 5.26 Å². The largest absolute Gasteiger partial charge is 0.502 e. The predicted molar refractivity (Wildman–Crippen MR) is 113 cm³/mol. The van der Waals surface area contributed by atoms with Crippen LogP contribution in [0, 0.1) is 11.3 Å². The van der Waals surface area contributed by atoms with Gasteiger partial charge in [0, 0.05) is 35.7 Å². The number of Topliss-reactive ketones (excluding diaryl/α,β-unsaturated/α-hetero) is 1. The molecular weight excluding hydrogens is 396 g/mol. The lowest BCUT2D eigenvalue weighted by atomic mass is 9.77. The molecule has 0 fully saturated rings. The molecule has 0 saturated carbocycles. The van der Waals surface area contributed by atoms with Crippen molar-refractivity contribution in [2.45, 2.75) is 31.6 Å². The van der Waals surface area contributed by atoms with Crippen molar-refractivity contribution in [3.8, 4) is 23.3 Å². The molecular formula is C24H22N2O5.